The molecule has 3 heterocycles. The van der Waals surface area contributed by atoms with Crippen molar-refractivity contribution in [3.8, 4) is 0 Å². The van der Waals surface area contributed by atoms with Gasteiger partial charge in [-0.05, 0) is 50.3 Å². The average molecular weight is 513 g/mol. The number of ketones is 1. The van der Waals surface area contributed by atoms with Crippen LogP contribution in [0.5, 0.6) is 0 Å². The molecule has 0 unspecified atom stereocenters. The lowest BCUT2D eigenvalue weighted by Crippen LogP contribution is -2.49. The lowest BCUT2D eigenvalue weighted by molar-refractivity contribution is -0.140. The number of nitrogens with one attached hydrogen (secondary N) is 1. The number of aliphatic hydroxyl groups is 1. The zero-order valence-electron chi connectivity index (χ0n) is 19.7. The van der Waals surface area contributed by atoms with Crippen LogP contribution in [-0.4, -0.2) is 55.8 Å². The number of hydrogen-bond donors (Lipinski definition) is 2. The molecular formula is C26H26ClFN4O4. The fraction of sp³-hybridized carbons (Fsp3) is 0.385. The molecule has 0 radical (unpaired) electrons. The van der Waals surface area contributed by atoms with Crippen LogP contribution in [-0.2, 0) is 16.1 Å². The second-order valence-corrected chi connectivity index (χ2v) is 9.84. The molecule has 10 heteroatoms. The Labute approximate surface area is 212 Å². The molecule has 1 saturated heterocycles. The fourth-order valence-electron chi connectivity index (χ4n) is 5.29. The number of aromatic nitrogens is 2. The summed E-state index contributed by atoms with van der Waals surface area (Å²) in [5, 5.41) is 12.9. The smallest absolute Gasteiger partial charge is 0.243 e. The van der Waals surface area contributed by atoms with Crippen LogP contribution in [0.15, 0.2) is 42.7 Å². The normalized spacial score (nSPS) is 21.3. The van der Waals surface area contributed by atoms with Crippen molar-refractivity contribution in [2.24, 2.45) is 5.92 Å². The van der Waals surface area contributed by atoms with Crippen molar-refractivity contribution in [3.63, 3.8) is 0 Å². The van der Waals surface area contributed by atoms with Crippen LogP contribution < -0.4 is 5.32 Å². The van der Waals surface area contributed by atoms with Crippen LogP contribution in [0.2, 0.25) is 5.02 Å². The average Bonchev–Trinajstić information content (AvgIpc) is 3.35. The number of halogens is 2. The molecule has 2 aromatic heterocycles. The number of carbonyl (C=O) groups excluding carboxylic acids is 3. The van der Waals surface area contributed by atoms with Gasteiger partial charge in [-0.15, -0.1) is 0 Å². The predicted molar refractivity (Wildman–Crippen MR) is 131 cm³/mol. The molecule has 2 N–H and O–H groups in total. The summed E-state index contributed by atoms with van der Waals surface area (Å²) < 4.78 is 16.3. The van der Waals surface area contributed by atoms with Gasteiger partial charge in [-0.2, -0.15) is 0 Å². The van der Waals surface area contributed by atoms with E-state index in [4.69, 9.17) is 11.6 Å². The van der Waals surface area contributed by atoms with Gasteiger partial charge >= 0.3 is 0 Å². The Morgan fingerprint density at radius 2 is 2.06 bits per heavy atom. The van der Waals surface area contributed by atoms with Gasteiger partial charge in [0.15, 0.2) is 5.78 Å². The Morgan fingerprint density at radius 1 is 1.25 bits per heavy atom. The summed E-state index contributed by atoms with van der Waals surface area (Å²) in [5.74, 6) is -1.16. The maximum absolute atomic E-state index is 14.6. The number of amides is 2. The number of nitrogens with zero attached hydrogens (tertiary/aromatic N) is 3. The van der Waals surface area contributed by atoms with Crippen molar-refractivity contribution in [2.45, 2.75) is 50.9 Å². The minimum Gasteiger partial charge on any atom is -0.396 e. The van der Waals surface area contributed by atoms with Crippen LogP contribution in [0.3, 0.4) is 0 Å². The highest BCUT2D eigenvalue weighted by molar-refractivity contribution is 6.30. The molecule has 2 aliphatic rings. The molecule has 5 rings (SSSR count). The number of rotatable bonds is 8. The van der Waals surface area contributed by atoms with Gasteiger partial charge in [0.25, 0.3) is 0 Å². The predicted octanol–water partition coefficient (Wildman–Crippen LogP) is 3.26. The van der Waals surface area contributed by atoms with Crippen molar-refractivity contribution >= 4 is 40.2 Å². The van der Waals surface area contributed by atoms with Gasteiger partial charge in [0, 0.05) is 41.6 Å². The van der Waals surface area contributed by atoms with E-state index in [1.807, 2.05) is 0 Å². The molecule has 36 heavy (non-hydrogen) atoms. The highest BCUT2D eigenvalue weighted by Crippen LogP contribution is 2.48. The van der Waals surface area contributed by atoms with Crippen molar-refractivity contribution in [3.05, 3.63) is 64.7 Å². The molecular weight excluding hydrogens is 487 g/mol. The molecule has 3 aromatic rings. The summed E-state index contributed by atoms with van der Waals surface area (Å²) in [5.41, 5.74) is 1.21. The number of fused-ring (bicyclic) bond motifs is 2. The van der Waals surface area contributed by atoms with E-state index in [-0.39, 0.29) is 53.8 Å². The van der Waals surface area contributed by atoms with E-state index >= 15 is 0 Å². The number of piperidine rings is 1. The van der Waals surface area contributed by atoms with Crippen molar-refractivity contribution in [2.75, 3.05) is 6.61 Å². The maximum atomic E-state index is 14.6. The number of Topliss-reactive ketones (excluding diaryl/α,β-unsaturated/α-hetero) is 1. The first kappa shape index (κ1) is 24.4. The Hall–Kier alpha value is -3.30. The monoisotopic (exact) mass is 512 g/mol. The SMILES string of the molecule is CC(=O)c1cn(CC(=O)N2[C@@H]3C[C@@H]3C[C@H]2C(=O)N[C@H](CCO)c2cccc(Cl)c2F)c2ncccc12. The molecule has 4 atom stereocenters. The van der Waals surface area contributed by atoms with E-state index in [1.54, 1.807) is 40.1 Å². The fourth-order valence-corrected chi connectivity index (χ4v) is 5.47. The Bertz CT molecular complexity index is 1360. The molecule has 1 aromatic carbocycles. The lowest BCUT2D eigenvalue weighted by Gasteiger charge is -2.29. The quantitative estimate of drug-likeness (QED) is 0.451. The van der Waals surface area contributed by atoms with Gasteiger partial charge in [-0.1, -0.05) is 23.7 Å². The highest BCUT2D eigenvalue weighted by Gasteiger charge is 2.56. The first-order valence-corrected chi connectivity index (χ1v) is 12.3. The Balaban J connectivity index is 1.37. The van der Waals surface area contributed by atoms with Crippen LogP contribution in [0.25, 0.3) is 11.0 Å². The van der Waals surface area contributed by atoms with Crippen LogP contribution in [0, 0.1) is 11.7 Å². The van der Waals surface area contributed by atoms with Gasteiger partial charge in [0.1, 0.15) is 24.1 Å². The molecule has 2 fully saturated rings. The summed E-state index contributed by atoms with van der Waals surface area (Å²) in [6.45, 7) is 1.15. The van der Waals surface area contributed by atoms with Crippen LogP contribution in [0.4, 0.5) is 4.39 Å². The largest absolute Gasteiger partial charge is 0.396 e. The molecule has 1 saturated carbocycles. The zero-order chi connectivity index (χ0) is 25.6. The molecule has 0 bridgehead atoms. The third-order valence-electron chi connectivity index (χ3n) is 7.10. The van der Waals surface area contributed by atoms with Crippen LogP contribution >= 0.6 is 11.6 Å². The van der Waals surface area contributed by atoms with E-state index in [9.17, 15) is 23.9 Å². The highest BCUT2D eigenvalue weighted by atomic mass is 35.5. The molecule has 8 nitrogen and oxygen atoms in total. The minimum absolute atomic E-state index is 0.0190. The van der Waals surface area contributed by atoms with E-state index < -0.39 is 23.8 Å². The lowest BCUT2D eigenvalue weighted by atomic mass is 10.0. The number of aliphatic hydroxyl groups excluding tert-OH is 1. The summed E-state index contributed by atoms with van der Waals surface area (Å²) in [6.07, 6.45) is 4.70. The standard InChI is InChI=1S/C26H26ClFN4O4/c1-14(34)18-12-31(25-16(18)5-3-8-29-25)13-23(35)32-21-10-15(21)11-22(32)26(36)30-20(7-9-33)17-4-2-6-19(27)24(17)28/h2-6,8,12,15,20-22,33H,7,9-11,13H2,1H3,(H,30,36)/t15-,20-,21-,22+/m1/s1. The van der Waals surface area contributed by atoms with Gasteiger partial charge in [-0.3, -0.25) is 14.4 Å². The number of benzene rings is 1. The van der Waals surface area contributed by atoms with Crippen molar-refractivity contribution < 1.29 is 23.9 Å². The molecule has 188 valence electrons. The first-order chi connectivity index (χ1) is 17.3. The summed E-state index contributed by atoms with van der Waals surface area (Å²) >= 11 is 5.92. The topological polar surface area (TPSA) is 105 Å². The van der Waals surface area contributed by atoms with E-state index in [2.05, 4.69) is 10.3 Å². The second-order valence-electron chi connectivity index (χ2n) is 9.43. The number of likely N-dealkylation sites (tertiary alicyclic amines) is 1. The van der Waals surface area contributed by atoms with E-state index in [0.717, 1.165) is 6.42 Å². The third-order valence-corrected chi connectivity index (χ3v) is 7.40. The van der Waals surface area contributed by atoms with Crippen molar-refractivity contribution in [1.82, 2.24) is 19.8 Å². The zero-order valence-corrected chi connectivity index (χ0v) is 20.4. The molecule has 1 aliphatic carbocycles. The first-order valence-electron chi connectivity index (χ1n) is 11.9. The number of hydrogen-bond acceptors (Lipinski definition) is 5. The number of carbonyl (C=O) groups is 3. The molecule has 2 amide bonds. The summed E-state index contributed by atoms with van der Waals surface area (Å²) in [7, 11) is 0. The van der Waals surface area contributed by atoms with Gasteiger partial charge in [0.05, 0.1) is 11.1 Å². The second kappa shape index (κ2) is 9.63. The molecule has 0 spiro atoms. The summed E-state index contributed by atoms with van der Waals surface area (Å²) in [4.78, 5) is 44.9. The number of pyridine rings is 1. The summed E-state index contributed by atoms with van der Waals surface area (Å²) in [6, 6.07) is 6.55. The minimum atomic E-state index is -0.786. The van der Waals surface area contributed by atoms with Gasteiger partial charge < -0.3 is 19.9 Å². The van der Waals surface area contributed by atoms with E-state index in [1.165, 1.54) is 19.1 Å². The Kier molecular flexibility index (Phi) is 6.53. The maximum Gasteiger partial charge on any atom is 0.243 e. The van der Waals surface area contributed by atoms with Gasteiger partial charge in [0.2, 0.25) is 11.8 Å². The van der Waals surface area contributed by atoms with Crippen LogP contribution in [0.1, 0.15) is 48.1 Å². The van der Waals surface area contributed by atoms with Crippen molar-refractivity contribution in [1.29, 1.82) is 0 Å². The van der Waals surface area contributed by atoms with Gasteiger partial charge in [-0.25, -0.2) is 9.37 Å². The molecule has 1 aliphatic heterocycles. The Morgan fingerprint density at radius 3 is 2.81 bits per heavy atom. The van der Waals surface area contributed by atoms with E-state index in [0.29, 0.717) is 23.0 Å². The third kappa shape index (κ3) is 4.37.